The Hall–Kier alpha value is -0.120. The number of hydrogen-bond donors (Lipinski definition) is 1. The number of rotatable bonds is 7. The van der Waals surface area contributed by atoms with Crippen LogP contribution in [0.15, 0.2) is 0 Å². The highest BCUT2D eigenvalue weighted by Gasteiger charge is 2.29. The SMILES string of the molecule is CCCNC(COC1CCC(C)C(C)C1)C1CCOC1. The molecule has 1 aliphatic carbocycles. The summed E-state index contributed by atoms with van der Waals surface area (Å²) in [5.41, 5.74) is 0. The monoisotopic (exact) mass is 283 g/mol. The molecule has 0 bridgehead atoms. The van der Waals surface area contributed by atoms with Gasteiger partial charge in [0, 0.05) is 18.6 Å². The van der Waals surface area contributed by atoms with Gasteiger partial charge in [-0.1, -0.05) is 20.8 Å². The molecule has 0 aromatic rings. The largest absolute Gasteiger partial charge is 0.381 e. The van der Waals surface area contributed by atoms with Crippen LogP contribution in [0.25, 0.3) is 0 Å². The van der Waals surface area contributed by atoms with Crippen LogP contribution in [0.5, 0.6) is 0 Å². The quantitative estimate of drug-likeness (QED) is 0.778. The molecule has 0 amide bonds. The maximum atomic E-state index is 6.26. The lowest BCUT2D eigenvalue weighted by Crippen LogP contribution is -2.42. The first-order valence-electron chi connectivity index (χ1n) is 8.63. The summed E-state index contributed by atoms with van der Waals surface area (Å²) in [4.78, 5) is 0. The second kappa shape index (κ2) is 8.35. The van der Waals surface area contributed by atoms with Crippen LogP contribution in [0.2, 0.25) is 0 Å². The Morgan fingerprint density at radius 3 is 2.70 bits per heavy atom. The molecule has 2 aliphatic rings. The van der Waals surface area contributed by atoms with Crippen molar-refractivity contribution in [1.29, 1.82) is 0 Å². The Kier molecular flexibility index (Phi) is 6.79. The standard InChI is InChI=1S/C17H33NO2/c1-4-8-18-17(15-7-9-19-11-15)12-20-16-6-5-13(2)14(3)10-16/h13-18H,4-12H2,1-3H3. The van der Waals surface area contributed by atoms with E-state index < -0.39 is 0 Å². The molecular formula is C17H33NO2. The maximum absolute atomic E-state index is 6.26. The van der Waals surface area contributed by atoms with Gasteiger partial charge in [0.2, 0.25) is 0 Å². The molecule has 3 heteroatoms. The van der Waals surface area contributed by atoms with Gasteiger partial charge < -0.3 is 14.8 Å². The highest BCUT2D eigenvalue weighted by molar-refractivity contribution is 4.81. The van der Waals surface area contributed by atoms with E-state index in [1.807, 2.05) is 0 Å². The molecule has 1 N–H and O–H groups in total. The lowest BCUT2D eigenvalue weighted by Gasteiger charge is -2.33. The third-order valence-corrected chi connectivity index (χ3v) is 5.25. The van der Waals surface area contributed by atoms with Crippen molar-refractivity contribution >= 4 is 0 Å². The van der Waals surface area contributed by atoms with E-state index in [9.17, 15) is 0 Å². The zero-order valence-corrected chi connectivity index (χ0v) is 13.6. The van der Waals surface area contributed by atoms with Gasteiger partial charge in [-0.2, -0.15) is 0 Å². The van der Waals surface area contributed by atoms with Gasteiger partial charge in [-0.15, -0.1) is 0 Å². The van der Waals surface area contributed by atoms with Gasteiger partial charge in [-0.25, -0.2) is 0 Å². The summed E-state index contributed by atoms with van der Waals surface area (Å²) >= 11 is 0. The van der Waals surface area contributed by atoms with E-state index in [1.165, 1.54) is 32.1 Å². The second-order valence-corrected chi connectivity index (χ2v) is 6.91. The van der Waals surface area contributed by atoms with Crippen molar-refractivity contribution in [3.05, 3.63) is 0 Å². The minimum atomic E-state index is 0.479. The van der Waals surface area contributed by atoms with Crippen molar-refractivity contribution in [2.45, 2.75) is 65.0 Å². The molecule has 0 spiro atoms. The third-order valence-electron chi connectivity index (χ3n) is 5.25. The Labute approximate surface area is 124 Å². The highest BCUT2D eigenvalue weighted by Crippen LogP contribution is 2.31. The molecule has 0 aromatic heterocycles. The Balaban J connectivity index is 1.75. The molecule has 2 rings (SSSR count). The normalized spacial score (nSPS) is 36.1. The van der Waals surface area contributed by atoms with Gasteiger partial charge in [-0.3, -0.25) is 0 Å². The average molecular weight is 283 g/mol. The number of hydrogen-bond acceptors (Lipinski definition) is 3. The van der Waals surface area contributed by atoms with E-state index >= 15 is 0 Å². The third kappa shape index (κ3) is 4.71. The summed E-state index contributed by atoms with van der Waals surface area (Å²) in [7, 11) is 0. The molecule has 1 aliphatic heterocycles. The summed E-state index contributed by atoms with van der Waals surface area (Å²) in [5.74, 6) is 2.32. The van der Waals surface area contributed by atoms with Crippen molar-refractivity contribution in [2.24, 2.45) is 17.8 Å². The first-order chi connectivity index (χ1) is 9.70. The Morgan fingerprint density at radius 2 is 2.05 bits per heavy atom. The van der Waals surface area contributed by atoms with Crippen LogP contribution in [0, 0.1) is 17.8 Å². The van der Waals surface area contributed by atoms with E-state index in [0.717, 1.165) is 38.2 Å². The van der Waals surface area contributed by atoms with Crippen LogP contribution in [0.4, 0.5) is 0 Å². The van der Waals surface area contributed by atoms with E-state index in [2.05, 4.69) is 26.1 Å². The fourth-order valence-electron chi connectivity index (χ4n) is 3.45. The fraction of sp³-hybridized carbons (Fsp3) is 1.00. The first kappa shape index (κ1) is 16.3. The minimum absolute atomic E-state index is 0.479. The van der Waals surface area contributed by atoms with Gasteiger partial charge >= 0.3 is 0 Å². The Bertz CT molecular complexity index is 266. The van der Waals surface area contributed by atoms with Gasteiger partial charge in [0.1, 0.15) is 0 Å². The second-order valence-electron chi connectivity index (χ2n) is 6.91. The smallest absolute Gasteiger partial charge is 0.0626 e. The van der Waals surface area contributed by atoms with Crippen molar-refractivity contribution in [3.63, 3.8) is 0 Å². The molecule has 1 saturated carbocycles. The van der Waals surface area contributed by atoms with Crippen molar-refractivity contribution < 1.29 is 9.47 Å². The van der Waals surface area contributed by atoms with Crippen LogP contribution < -0.4 is 5.32 Å². The van der Waals surface area contributed by atoms with E-state index in [1.54, 1.807) is 0 Å². The Morgan fingerprint density at radius 1 is 1.20 bits per heavy atom. The first-order valence-corrected chi connectivity index (χ1v) is 8.63. The highest BCUT2D eigenvalue weighted by atomic mass is 16.5. The van der Waals surface area contributed by atoms with Gasteiger partial charge in [0.25, 0.3) is 0 Å². The van der Waals surface area contributed by atoms with Gasteiger partial charge in [0.15, 0.2) is 0 Å². The van der Waals surface area contributed by atoms with Gasteiger partial charge in [0.05, 0.1) is 19.3 Å². The number of ether oxygens (including phenoxy) is 2. The summed E-state index contributed by atoms with van der Waals surface area (Å²) in [6.07, 6.45) is 6.65. The summed E-state index contributed by atoms with van der Waals surface area (Å²) in [6.45, 7) is 10.7. The minimum Gasteiger partial charge on any atom is -0.381 e. The molecular weight excluding hydrogens is 250 g/mol. The number of nitrogens with one attached hydrogen (secondary N) is 1. The lowest BCUT2D eigenvalue weighted by molar-refractivity contribution is -0.0148. The molecule has 0 aromatic carbocycles. The molecule has 20 heavy (non-hydrogen) atoms. The molecule has 0 radical (unpaired) electrons. The summed E-state index contributed by atoms with van der Waals surface area (Å²) in [5, 5.41) is 3.67. The molecule has 2 fully saturated rings. The summed E-state index contributed by atoms with van der Waals surface area (Å²) in [6, 6.07) is 0.479. The fourth-order valence-corrected chi connectivity index (χ4v) is 3.45. The average Bonchev–Trinajstić information content (AvgIpc) is 2.97. The van der Waals surface area contributed by atoms with Crippen LogP contribution in [-0.4, -0.2) is 38.5 Å². The van der Waals surface area contributed by atoms with E-state index in [4.69, 9.17) is 9.47 Å². The lowest BCUT2D eigenvalue weighted by atomic mass is 9.80. The van der Waals surface area contributed by atoms with Crippen LogP contribution in [0.1, 0.15) is 52.9 Å². The topological polar surface area (TPSA) is 30.5 Å². The predicted molar refractivity (Wildman–Crippen MR) is 82.9 cm³/mol. The molecule has 5 unspecified atom stereocenters. The van der Waals surface area contributed by atoms with Crippen molar-refractivity contribution in [3.8, 4) is 0 Å². The summed E-state index contributed by atoms with van der Waals surface area (Å²) < 4.78 is 11.8. The predicted octanol–water partition coefficient (Wildman–Crippen LogP) is 3.23. The van der Waals surface area contributed by atoms with Crippen LogP contribution in [0.3, 0.4) is 0 Å². The van der Waals surface area contributed by atoms with Gasteiger partial charge in [-0.05, 0) is 50.5 Å². The van der Waals surface area contributed by atoms with Crippen LogP contribution in [-0.2, 0) is 9.47 Å². The molecule has 1 heterocycles. The zero-order chi connectivity index (χ0) is 14.4. The van der Waals surface area contributed by atoms with E-state index in [-0.39, 0.29) is 0 Å². The zero-order valence-electron chi connectivity index (χ0n) is 13.6. The van der Waals surface area contributed by atoms with Crippen LogP contribution >= 0.6 is 0 Å². The van der Waals surface area contributed by atoms with Crippen molar-refractivity contribution in [2.75, 3.05) is 26.4 Å². The molecule has 3 nitrogen and oxygen atoms in total. The molecule has 1 saturated heterocycles. The molecule has 118 valence electrons. The molecule has 5 atom stereocenters. The van der Waals surface area contributed by atoms with E-state index in [0.29, 0.717) is 18.1 Å². The van der Waals surface area contributed by atoms with Crippen molar-refractivity contribution in [1.82, 2.24) is 5.32 Å². The maximum Gasteiger partial charge on any atom is 0.0626 e.